The van der Waals surface area contributed by atoms with E-state index < -0.39 is 17.7 Å². The van der Waals surface area contributed by atoms with Gasteiger partial charge in [-0.3, -0.25) is 9.59 Å². The van der Waals surface area contributed by atoms with Crippen LogP contribution in [0, 0.1) is 0 Å². The Labute approximate surface area is 179 Å². The predicted octanol–water partition coefficient (Wildman–Crippen LogP) is 5.07. The molecular weight excluding hydrogens is 434 g/mol. The van der Waals surface area contributed by atoms with E-state index >= 15 is 0 Å². The number of unbranched alkanes of at least 4 members (excludes halogenated alkanes) is 1. The van der Waals surface area contributed by atoms with Crippen LogP contribution in [-0.4, -0.2) is 34.8 Å². The van der Waals surface area contributed by atoms with E-state index in [-0.39, 0.29) is 11.3 Å². The standard InChI is InChI=1S/C23H24BrNO4/c1-3-5-14-25-20(15-8-12-18(13-9-15)29-4-2)19(22(27)23(25)28)21(26)16-6-10-17(24)11-7-16/h6-13,20,26H,3-5,14H2,1-2H3/b21-19-. The summed E-state index contributed by atoms with van der Waals surface area (Å²) < 4.78 is 6.36. The topological polar surface area (TPSA) is 66.8 Å². The highest BCUT2D eigenvalue weighted by Gasteiger charge is 2.45. The lowest BCUT2D eigenvalue weighted by atomic mass is 9.95. The van der Waals surface area contributed by atoms with E-state index in [1.165, 1.54) is 0 Å². The van der Waals surface area contributed by atoms with Crippen LogP contribution in [0.1, 0.15) is 43.9 Å². The summed E-state index contributed by atoms with van der Waals surface area (Å²) in [5.41, 5.74) is 1.39. The van der Waals surface area contributed by atoms with Crippen molar-refractivity contribution in [3.8, 4) is 5.75 Å². The second kappa shape index (κ2) is 9.27. The second-order valence-electron chi connectivity index (χ2n) is 6.85. The molecule has 0 radical (unpaired) electrons. The Morgan fingerprint density at radius 2 is 1.72 bits per heavy atom. The molecule has 0 bridgehead atoms. The molecule has 0 aromatic heterocycles. The first-order valence-corrected chi connectivity index (χ1v) is 10.5. The monoisotopic (exact) mass is 457 g/mol. The molecule has 6 heteroatoms. The van der Waals surface area contributed by atoms with E-state index in [4.69, 9.17) is 4.74 Å². The van der Waals surface area contributed by atoms with Gasteiger partial charge in [0, 0.05) is 16.6 Å². The molecular formula is C23H24BrNO4. The first kappa shape index (κ1) is 21.1. The number of ketones is 1. The highest BCUT2D eigenvalue weighted by molar-refractivity contribution is 9.10. The molecule has 1 N–H and O–H groups in total. The van der Waals surface area contributed by atoms with Gasteiger partial charge in [0.05, 0.1) is 18.2 Å². The minimum absolute atomic E-state index is 0.123. The molecule has 5 nitrogen and oxygen atoms in total. The van der Waals surface area contributed by atoms with Crippen molar-refractivity contribution in [1.29, 1.82) is 0 Å². The van der Waals surface area contributed by atoms with Crippen LogP contribution in [0.2, 0.25) is 0 Å². The molecule has 2 aromatic carbocycles. The largest absolute Gasteiger partial charge is 0.507 e. The number of hydrogen-bond donors (Lipinski definition) is 1. The number of likely N-dealkylation sites (tertiary alicyclic amines) is 1. The molecule has 29 heavy (non-hydrogen) atoms. The summed E-state index contributed by atoms with van der Waals surface area (Å²) >= 11 is 3.37. The molecule has 0 spiro atoms. The summed E-state index contributed by atoms with van der Waals surface area (Å²) in [6.07, 6.45) is 1.67. The third-order valence-corrected chi connectivity index (χ3v) is 5.45. The van der Waals surface area contributed by atoms with Crippen LogP contribution < -0.4 is 4.74 Å². The first-order valence-electron chi connectivity index (χ1n) is 9.75. The van der Waals surface area contributed by atoms with Crippen LogP contribution in [0.25, 0.3) is 5.76 Å². The molecule has 1 heterocycles. The number of aliphatic hydroxyl groups is 1. The van der Waals surface area contributed by atoms with Crippen molar-refractivity contribution >= 4 is 33.4 Å². The van der Waals surface area contributed by atoms with Gasteiger partial charge in [0.2, 0.25) is 0 Å². The summed E-state index contributed by atoms with van der Waals surface area (Å²) in [5, 5.41) is 11.0. The van der Waals surface area contributed by atoms with Crippen LogP contribution in [0.15, 0.2) is 58.6 Å². The number of halogens is 1. The number of rotatable bonds is 7. The Morgan fingerprint density at radius 1 is 1.07 bits per heavy atom. The first-order chi connectivity index (χ1) is 14.0. The fourth-order valence-corrected chi connectivity index (χ4v) is 3.73. The third-order valence-electron chi connectivity index (χ3n) is 4.92. The summed E-state index contributed by atoms with van der Waals surface area (Å²) in [7, 11) is 0. The van der Waals surface area contributed by atoms with Gasteiger partial charge in [-0.2, -0.15) is 0 Å². The Bertz CT molecular complexity index is 919. The Kier molecular flexibility index (Phi) is 6.75. The van der Waals surface area contributed by atoms with Gasteiger partial charge in [-0.1, -0.05) is 53.5 Å². The fraction of sp³-hybridized carbons (Fsp3) is 0.304. The van der Waals surface area contributed by atoms with E-state index in [0.717, 1.165) is 28.6 Å². The zero-order chi connectivity index (χ0) is 21.0. The maximum atomic E-state index is 12.9. The molecule has 2 aromatic rings. The van der Waals surface area contributed by atoms with Crippen LogP contribution in [0.4, 0.5) is 0 Å². The number of benzene rings is 2. The lowest BCUT2D eigenvalue weighted by molar-refractivity contribution is -0.139. The highest BCUT2D eigenvalue weighted by Crippen LogP contribution is 2.40. The Hall–Kier alpha value is -2.60. The number of hydrogen-bond acceptors (Lipinski definition) is 4. The smallest absolute Gasteiger partial charge is 0.295 e. The Balaban J connectivity index is 2.10. The quantitative estimate of drug-likeness (QED) is 0.358. The van der Waals surface area contributed by atoms with Crippen molar-refractivity contribution in [3.05, 3.63) is 69.7 Å². The molecule has 1 saturated heterocycles. The van der Waals surface area contributed by atoms with Crippen LogP contribution >= 0.6 is 15.9 Å². The molecule has 0 aliphatic carbocycles. The maximum absolute atomic E-state index is 12.9. The summed E-state index contributed by atoms with van der Waals surface area (Å²) in [6.45, 7) is 4.95. The SMILES string of the molecule is CCCCN1C(=O)C(=O)/C(=C(\O)c2ccc(Br)cc2)C1c1ccc(OCC)cc1. The van der Waals surface area contributed by atoms with Gasteiger partial charge in [0.15, 0.2) is 0 Å². The lowest BCUT2D eigenvalue weighted by Gasteiger charge is -2.25. The van der Waals surface area contributed by atoms with Crippen LogP contribution in [0.3, 0.4) is 0 Å². The van der Waals surface area contributed by atoms with Crippen LogP contribution in [0.5, 0.6) is 5.75 Å². The van der Waals surface area contributed by atoms with E-state index in [1.807, 2.05) is 38.1 Å². The molecule has 1 unspecified atom stereocenters. The molecule has 1 atom stereocenters. The molecule has 1 aliphatic heterocycles. The van der Waals surface area contributed by atoms with Crippen molar-refractivity contribution in [1.82, 2.24) is 4.90 Å². The normalized spacial score (nSPS) is 18.3. The molecule has 0 saturated carbocycles. The summed E-state index contributed by atoms with van der Waals surface area (Å²) in [5.74, 6) is -0.667. The van der Waals surface area contributed by atoms with E-state index in [0.29, 0.717) is 18.7 Å². The van der Waals surface area contributed by atoms with Crippen molar-refractivity contribution in [2.24, 2.45) is 0 Å². The molecule has 3 rings (SSSR count). The zero-order valence-electron chi connectivity index (χ0n) is 16.5. The zero-order valence-corrected chi connectivity index (χ0v) is 18.1. The number of carbonyl (C=O) groups is 2. The van der Waals surface area contributed by atoms with Crippen molar-refractivity contribution in [2.45, 2.75) is 32.7 Å². The minimum atomic E-state index is -0.652. The van der Waals surface area contributed by atoms with Gasteiger partial charge >= 0.3 is 0 Å². The van der Waals surface area contributed by atoms with Gasteiger partial charge in [-0.15, -0.1) is 0 Å². The average Bonchev–Trinajstić information content (AvgIpc) is 2.98. The maximum Gasteiger partial charge on any atom is 0.295 e. The van der Waals surface area contributed by atoms with Gasteiger partial charge in [-0.05, 0) is 43.2 Å². The highest BCUT2D eigenvalue weighted by atomic mass is 79.9. The predicted molar refractivity (Wildman–Crippen MR) is 116 cm³/mol. The van der Waals surface area contributed by atoms with Gasteiger partial charge in [0.25, 0.3) is 11.7 Å². The van der Waals surface area contributed by atoms with Gasteiger partial charge < -0.3 is 14.7 Å². The second-order valence-corrected chi connectivity index (χ2v) is 7.77. The lowest BCUT2D eigenvalue weighted by Crippen LogP contribution is -2.30. The number of aliphatic hydroxyl groups excluding tert-OH is 1. The summed E-state index contributed by atoms with van der Waals surface area (Å²) in [4.78, 5) is 27.2. The number of ether oxygens (including phenoxy) is 1. The molecule has 1 amide bonds. The van der Waals surface area contributed by atoms with E-state index in [2.05, 4.69) is 15.9 Å². The van der Waals surface area contributed by atoms with Crippen molar-refractivity contribution < 1.29 is 19.4 Å². The Morgan fingerprint density at radius 3 is 2.31 bits per heavy atom. The number of amides is 1. The van der Waals surface area contributed by atoms with Crippen molar-refractivity contribution in [3.63, 3.8) is 0 Å². The minimum Gasteiger partial charge on any atom is -0.507 e. The fourth-order valence-electron chi connectivity index (χ4n) is 3.46. The average molecular weight is 458 g/mol. The third kappa shape index (κ3) is 4.37. The molecule has 1 aliphatic rings. The summed E-state index contributed by atoms with van der Waals surface area (Å²) in [6, 6.07) is 13.7. The number of nitrogens with zero attached hydrogens (tertiary/aromatic N) is 1. The van der Waals surface area contributed by atoms with E-state index in [9.17, 15) is 14.7 Å². The van der Waals surface area contributed by atoms with Crippen LogP contribution in [-0.2, 0) is 9.59 Å². The van der Waals surface area contributed by atoms with Gasteiger partial charge in [-0.25, -0.2) is 0 Å². The molecule has 1 fully saturated rings. The van der Waals surface area contributed by atoms with Gasteiger partial charge in [0.1, 0.15) is 11.5 Å². The van der Waals surface area contributed by atoms with Crippen molar-refractivity contribution in [2.75, 3.05) is 13.2 Å². The number of carbonyl (C=O) groups excluding carboxylic acids is 2. The number of Topliss-reactive ketones (excluding diaryl/α,β-unsaturated/α-hetero) is 1. The molecule has 152 valence electrons. The van der Waals surface area contributed by atoms with E-state index in [1.54, 1.807) is 29.2 Å².